The first-order valence-electron chi connectivity index (χ1n) is 11.4. The predicted molar refractivity (Wildman–Crippen MR) is 122 cm³/mol. The lowest BCUT2D eigenvalue weighted by atomic mass is 9.94. The van der Waals surface area contributed by atoms with Crippen LogP contribution in [0.3, 0.4) is 0 Å². The van der Waals surface area contributed by atoms with Gasteiger partial charge in [-0.3, -0.25) is 4.79 Å². The van der Waals surface area contributed by atoms with Gasteiger partial charge in [-0.25, -0.2) is 12.8 Å². The topological polar surface area (TPSA) is 66.5 Å². The Hall–Kier alpha value is -2.25. The summed E-state index contributed by atoms with van der Waals surface area (Å²) in [7, 11) is -3.55. The summed E-state index contributed by atoms with van der Waals surface area (Å²) in [4.78, 5) is 13.1. The van der Waals surface area contributed by atoms with Gasteiger partial charge in [0.2, 0.25) is 15.9 Å². The molecule has 0 unspecified atom stereocenters. The fourth-order valence-electron chi connectivity index (χ4n) is 4.45. The van der Waals surface area contributed by atoms with E-state index in [4.69, 9.17) is 0 Å². The number of carbonyl (C=O) groups is 1. The highest BCUT2D eigenvalue weighted by Gasteiger charge is 2.44. The first kappa shape index (κ1) is 22.9. The van der Waals surface area contributed by atoms with Crippen LogP contribution in [0, 0.1) is 11.7 Å². The number of benzene rings is 2. The zero-order chi connectivity index (χ0) is 22.9. The van der Waals surface area contributed by atoms with Gasteiger partial charge in [0.1, 0.15) is 5.82 Å². The van der Waals surface area contributed by atoms with Crippen molar-refractivity contribution in [1.82, 2.24) is 9.62 Å². The van der Waals surface area contributed by atoms with Crippen molar-refractivity contribution in [1.29, 1.82) is 0 Å². The van der Waals surface area contributed by atoms with Gasteiger partial charge in [0.15, 0.2) is 0 Å². The Balaban J connectivity index is 1.31. The van der Waals surface area contributed by atoms with Crippen LogP contribution in [-0.4, -0.2) is 38.3 Å². The van der Waals surface area contributed by atoms with Crippen LogP contribution in [0.25, 0.3) is 0 Å². The lowest BCUT2D eigenvalue weighted by molar-refractivity contribution is -0.126. The monoisotopic (exact) mass is 458 g/mol. The summed E-state index contributed by atoms with van der Waals surface area (Å²) in [5.41, 5.74) is 2.08. The molecule has 1 heterocycles. The van der Waals surface area contributed by atoms with E-state index in [2.05, 4.69) is 19.2 Å². The van der Waals surface area contributed by atoms with E-state index < -0.39 is 10.0 Å². The molecular weight excluding hydrogens is 427 g/mol. The summed E-state index contributed by atoms with van der Waals surface area (Å²) in [5, 5.41) is 3.07. The summed E-state index contributed by atoms with van der Waals surface area (Å²) >= 11 is 0. The summed E-state index contributed by atoms with van der Waals surface area (Å²) in [6.07, 6.45) is 2.98. The van der Waals surface area contributed by atoms with Crippen LogP contribution < -0.4 is 5.32 Å². The van der Waals surface area contributed by atoms with Gasteiger partial charge in [-0.15, -0.1) is 0 Å². The quantitative estimate of drug-likeness (QED) is 0.676. The summed E-state index contributed by atoms with van der Waals surface area (Å²) in [6, 6.07) is 13.6. The summed E-state index contributed by atoms with van der Waals surface area (Å²) in [6.45, 7) is 5.37. The average molecular weight is 459 g/mol. The Bertz CT molecular complexity index is 1050. The molecule has 0 radical (unpaired) electrons. The second-order valence-electron chi connectivity index (χ2n) is 9.41. The smallest absolute Gasteiger partial charge is 0.243 e. The molecule has 32 heavy (non-hydrogen) atoms. The Kier molecular flexibility index (Phi) is 6.41. The van der Waals surface area contributed by atoms with Crippen molar-refractivity contribution in [3.8, 4) is 0 Å². The van der Waals surface area contributed by atoms with E-state index in [0.29, 0.717) is 43.3 Å². The van der Waals surface area contributed by atoms with Crippen molar-refractivity contribution < 1.29 is 17.6 Å². The van der Waals surface area contributed by atoms with Crippen molar-refractivity contribution >= 4 is 15.9 Å². The van der Waals surface area contributed by atoms with E-state index in [1.165, 1.54) is 16.4 Å². The molecule has 2 aromatic carbocycles. The molecule has 1 N–H and O–H groups in total. The molecule has 0 aromatic heterocycles. The van der Waals surface area contributed by atoms with E-state index in [1.54, 1.807) is 24.3 Å². The lowest BCUT2D eigenvalue weighted by Crippen LogP contribution is -2.44. The second kappa shape index (κ2) is 8.94. The number of nitrogens with one attached hydrogen (secondary N) is 1. The summed E-state index contributed by atoms with van der Waals surface area (Å²) < 4.78 is 40.7. The third-order valence-corrected chi connectivity index (χ3v) is 8.83. The van der Waals surface area contributed by atoms with Gasteiger partial charge in [0.25, 0.3) is 0 Å². The maximum absolute atomic E-state index is 13.2. The van der Waals surface area contributed by atoms with Gasteiger partial charge in [0.05, 0.1) is 4.90 Å². The molecule has 0 bridgehead atoms. The van der Waals surface area contributed by atoms with Crippen LogP contribution in [0.1, 0.15) is 56.6 Å². The molecular formula is C25H31FN2O3S. The Morgan fingerprint density at radius 2 is 1.66 bits per heavy atom. The second-order valence-corrected chi connectivity index (χ2v) is 11.3. The highest BCUT2D eigenvalue weighted by atomic mass is 32.2. The van der Waals surface area contributed by atoms with Gasteiger partial charge in [-0.1, -0.05) is 38.1 Å². The molecule has 1 aliphatic carbocycles. The van der Waals surface area contributed by atoms with Crippen LogP contribution in [-0.2, 0) is 20.2 Å². The maximum atomic E-state index is 13.2. The van der Waals surface area contributed by atoms with Crippen LogP contribution in [0.2, 0.25) is 0 Å². The third kappa shape index (κ3) is 4.74. The predicted octanol–water partition coefficient (Wildman–Crippen LogP) is 4.20. The lowest BCUT2D eigenvalue weighted by Gasteiger charge is -2.31. The van der Waals surface area contributed by atoms with Crippen molar-refractivity contribution in [3.05, 3.63) is 65.5 Å². The van der Waals surface area contributed by atoms with Gasteiger partial charge >= 0.3 is 0 Å². The molecule has 1 aliphatic heterocycles. The normalized spacial score (nSPS) is 19.1. The van der Waals surface area contributed by atoms with Crippen molar-refractivity contribution in [2.24, 2.45) is 5.92 Å². The molecule has 2 aromatic rings. The largest absolute Gasteiger partial charge is 0.355 e. The van der Waals surface area contributed by atoms with E-state index in [-0.39, 0.29) is 23.1 Å². The van der Waals surface area contributed by atoms with E-state index in [9.17, 15) is 17.6 Å². The maximum Gasteiger partial charge on any atom is 0.243 e. The number of halogens is 1. The number of hydrogen-bond donors (Lipinski definition) is 1. The van der Waals surface area contributed by atoms with E-state index in [1.807, 2.05) is 12.1 Å². The molecule has 0 atom stereocenters. The molecule has 2 aliphatic rings. The molecule has 1 saturated heterocycles. The first-order chi connectivity index (χ1) is 15.2. The zero-order valence-corrected chi connectivity index (χ0v) is 19.5. The van der Waals surface area contributed by atoms with Gasteiger partial charge in [-0.2, -0.15) is 4.31 Å². The number of piperidine rings is 1. The SMILES string of the molecule is CC(C)c1ccc(S(=O)(=O)N2CCC(C(=O)NCC3(c4ccc(F)cc4)CC3)CC2)cc1. The van der Waals surface area contributed by atoms with Gasteiger partial charge in [0, 0.05) is 31.0 Å². The molecule has 7 heteroatoms. The summed E-state index contributed by atoms with van der Waals surface area (Å²) in [5.74, 6) is -0.115. The molecule has 0 spiro atoms. The van der Waals surface area contributed by atoms with Crippen molar-refractivity contribution in [3.63, 3.8) is 0 Å². The van der Waals surface area contributed by atoms with E-state index in [0.717, 1.165) is 24.0 Å². The number of carbonyl (C=O) groups excluding carboxylic acids is 1. The Labute approximate surface area is 190 Å². The molecule has 4 rings (SSSR count). The van der Waals surface area contributed by atoms with Crippen molar-refractivity contribution in [2.75, 3.05) is 19.6 Å². The molecule has 172 valence electrons. The number of rotatable bonds is 7. The Morgan fingerprint density at radius 1 is 1.06 bits per heavy atom. The number of hydrogen-bond acceptors (Lipinski definition) is 3. The molecule has 1 saturated carbocycles. The third-order valence-electron chi connectivity index (χ3n) is 6.92. The highest BCUT2D eigenvalue weighted by molar-refractivity contribution is 7.89. The van der Waals surface area contributed by atoms with Crippen molar-refractivity contribution in [2.45, 2.75) is 55.8 Å². The average Bonchev–Trinajstić information content (AvgIpc) is 3.59. The standard InChI is InChI=1S/C25H31FN2O3S/c1-18(2)19-3-9-23(10-4-19)32(30,31)28-15-11-20(12-16-28)24(29)27-17-25(13-14-25)21-5-7-22(26)8-6-21/h3-10,18,20H,11-17H2,1-2H3,(H,27,29). The minimum atomic E-state index is -3.55. The number of sulfonamides is 1. The minimum Gasteiger partial charge on any atom is -0.355 e. The number of amides is 1. The highest BCUT2D eigenvalue weighted by Crippen LogP contribution is 2.47. The fraction of sp³-hybridized carbons (Fsp3) is 0.480. The fourth-order valence-corrected chi connectivity index (χ4v) is 5.92. The van der Waals surface area contributed by atoms with Gasteiger partial charge in [-0.05, 0) is 67.0 Å². The van der Waals surface area contributed by atoms with Crippen LogP contribution in [0.5, 0.6) is 0 Å². The Morgan fingerprint density at radius 3 is 2.19 bits per heavy atom. The molecule has 1 amide bonds. The first-order valence-corrected chi connectivity index (χ1v) is 12.8. The molecule has 2 fully saturated rings. The zero-order valence-electron chi connectivity index (χ0n) is 18.7. The van der Waals surface area contributed by atoms with Crippen LogP contribution in [0.15, 0.2) is 53.4 Å². The van der Waals surface area contributed by atoms with E-state index >= 15 is 0 Å². The van der Waals surface area contributed by atoms with Gasteiger partial charge < -0.3 is 5.32 Å². The van der Waals surface area contributed by atoms with Crippen LogP contribution >= 0.6 is 0 Å². The molecule has 5 nitrogen and oxygen atoms in total. The minimum absolute atomic E-state index is 0.0169. The van der Waals surface area contributed by atoms with Crippen LogP contribution in [0.4, 0.5) is 4.39 Å². The number of nitrogens with zero attached hydrogens (tertiary/aromatic N) is 1.